The molecule has 0 radical (unpaired) electrons. The number of amides is 1. The van der Waals surface area contributed by atoms with Gasteiger partial charge in [0.15, 0.2) is 0 Å². The van der Waals surface area contributed by atoms with Crippen molar-refractivity contribution >= 4 is 11.6 Å². The van der Waals surface area contributed by atoms with Crippen molar-refractivity contribution < 1.29 is 9.53 Å². The Labute approximate surface area is 131 Å². The van der Waals surface area contributed by atoms with Crippen LogP contribution >= 0.6 is 0 Å². The normalized spacial score (nSPS) is 10.6. The minimum Gasteiger partial charge on any atom is -0.489 e. The molecule has 22 heavy (non-hydrogen) atoms. The van der Waals surface area contributed by atoms with Gasteiger partial charge >= 0.3 is 0 Å². The van der Waals surface area contributed by atoms with E-state index in [-0.39, 0.29) is 5.91 Å². The van der Waals surface area contributed by atoms with Crippen LogP contribution in [0.2, 0.25) is 0 Å². The number of hydrogen-bond donors (Lipinski definition) is 1. The fraction of sp³-hybridized carbons (Fsp3) is 0.211. The predicted molar refractivity (Wildman–Crippen MR) is 89.9 cm³/mol. The van der Waals surface area contributed by atoms with Crippen LogP contribution in [0.1, 0.15) is 25.3 Å². The summed E-state index contributed by atoms with van der Waals surface area (Å²) in [5.41, 5.74) is 1.86. The lowest BCUT2D eigenvalue weighted by Gasteiger charge is -2.09. The van der Waals surface area contributed by atoms with Crippen molar-refractivity contribution in [2.24, 2.45) is 0 Å². The lowest BCUT2D eigenvalue weighted by Crippen LogP contribution is -2.10. The van der Waals surface area contributed by atoms with E-state index >= 15 is 0 Å². The zero-order chi connectivity index (χ0) is 15.6. The summed E-state index contributed by atoms with van der Waals surface area (Å²) in [6.45, 7) is 2.55. The van der Waals surface area contributed by atoms with E-state index in [4.69, 9.17) is 4.74 Å². The highest BCUT2D eigenvalue weighted by molar-refractivity contribution is 5.91. The van der Waals surface area contributed by atoms with Gasteiger partial charge in [-0.1, -0.05) is 55.5 Å². The Morgan fingerprint density at radius 3 is 2.68 bits per heavy atom. The minimum absolute atomic E-state index is 0.0232. The second kappa shape index (κ2) is 8.67. The highest BCUT2D eigenvalue weighted by Gasteiger charge is 2.02. The molecule has 2 rings (SSSR count). The van der Waals surface area contributed by atoms with E-state index in [1.165, 1.54) is 0 Å². The SMILES string of the molecule is CC/C=C/CC(=O)Nc1cccc(OCc2ccccc2)c1. The van der Waals surface area contributed by atoms with Gasteiger partial charge in [0, 0.05) is 18.2 Å². The van der Waals surface area contributed by atoms with E-state index < -0.39 is 0 Å². The maximum atomic E-state index is 11.8. The summed E-state index contributed by atoms with van der Waals surface area (Å²) in [4.78, 5) is 11.8. The molecule has 0 aliphatic carbocycles. The van der Waals surface area contributed by atoms with Gasteiger partial charge in [-0.15, -0.1) is 0 Å². The van der Waals surface area contributed by atoms with Crippen molar-refractivity contribution in [3.63, 3.8) is 0 Å². The molecule has 0 aromatic heterocycles. The van der Waals surface area contributed by atoms with E-state index in [0.29, 0.717) is 13.0 Å². The molecule has 0 spiro atoms. The number of ether oxygens (including phenoxy) is 1. The van der Waals surface area contributed by atoms with Crippen molar-refractivity contribution in [3.05, 3.63) is 72.3 Å². The standard InChI is InChI=1S/C19H21NO2/c1-2-3-5-13-19(21)20-17-11-8-12-18(14-17)22-15-16-9-6-4-7-10-16/h3-12,14H,2,13,15H2,1H3,(H,20,21)/b5-3+. The van der Waals surface area contributed by atoms with E-state index in [9.17, 15) is 4.79 Å². The lowest BCUT2D eigenvalue weighted by atomic mass is 10.2. The molecule has 3 nitrogen and oxygen atoms in total. The average molecular weight is 295 g/mol. The molecule has 0 saturated heterocycles. The van der Waals surface area contributed by atoms with Crippen molar-refractivity contribution in [3.8, 4) is 5.75 Å². The van der Waals surface area contributed by atoms with E-state index in [0.717, 1.165) is 23.4 Å². The second-order valence-corrected chi connectivity index (χ2v) is 4.93. The molecule has 0 atom stereocenters. The van der Waals surface area contributed by atoms with Gasteiger partial charge in [0.05, 0.1) is 0 Å². The zero-order valence-corrected chi connectivity index (χ0v) is 12.8. The van der Waals surface area contributed by atoms with Crippen molar-refractivity contribution in [2.75, 3.05) is 5.32 Å². The monoisotopic (exact) mass is 295 g/mol. The van der Waals surface area contributed by atoms with Gasteiger partial charge in [-0.3, -0.25) is 4.79 Å². The summed E-state index contributed by atoms with van der Waals surface area (Å²) in [7, 11) is 0. The number of nitrogens with one attached hydrogen (secondary N) is 1. The molecule has 1 amide bonds. The molecule has 0 aliphatic rings. The Balaban J connectivity index is 1.89. The maximum absolute atomic E-state index is 11.8. The molecular formula is C19H21NO2. The largest absolute Gasteiger partial charge is 0.489 e. The number of rotatable bonds is 7. The fourth-order valence-corrected chi connectivity index (χ4v) is 1.97. The minimum atomic E-state index is -0.0232. The highest BCUT2D eigenvalue weighted by atomic mass is 16.5. The van der Waals surface area contributed by atoms with Crippen molar-refractivity contribution in [1.82, 2.24) is 0 Å². The van der Waals surface area contributed by atoms with Gasteiger partial charge in [-0.05, 0) is 24.1 Å². The Bertz CT molecular complexity index is 620. The topological polar surface area (TPSA) is 38.3 Å². The van der Waals surface area contributed by atoms with Gasteiger partial charge in [0.1, 0.15) is 12.4 Å². The van der Waals surface area contributed by atoms with Crippen LogP contribution in [0.4, 0.5) is 5.69 Å². The third-order valence-electron chi connectivity index (χ3n) is 3.07. The number of hydrogen-bond acceptors (Lipinski definition) is 2. The third kappa shape index (κ3) is 5.44. The van der Waals surface area contributed by atoms with Gasteiger partial charge in [0.25, 0.3) is 0 Å². The van der Waals surface area contributed by atoms with Crippen LogP contribution in [0.5, 0.6) is 5.75 Å². The van der Waals surface area contributed by atoms with E-state index in [1.807, 2.05) is 73.7 Å². The van der Waals surface area contributed by atoms with Crippen LogP contribution in [0.3, 0.4) is 0 Å². The Hall–Kier alpha value is -2.55. The molecule has 1 N–H and O–H groups in total. The predicted octanol–water partition coefficient (Wildman–Crippen LogP) is 4.56. The highest BCUT2D eigenvalue weighted by Crippen LogP contribution is 2.18. The summed E-state index contributed by atoms with van der Waals surface area (Å²) in [5, 5.41) is 2.87. The van der Waals surface area contributed by atoms with Crippen LogP contribution in [0.15, 0.2) is 66.7 Å². The third-order valence-corrected chi connectivity index (χ3v) is 3.07. The van der Waals surface area contributed by atoms with Crippen LogP contribution in [0.25, 0.3) is 0 Å². The quantitative estimate of drug-likeness (QED) is 0.760. The summed E-state index contributed by atoms with van der Waals surface area (Å²) < 4.78 is 5.75. The van der Waals surface area contributed by atoms with Gasteiger partial charge in [0.2, 0.25) is 5.91 Å². The first-order valence-corrected chi connectivity index (χ1v) is 7.49. The van der Waals surface area contributed by atoms with E-state index in [1.54, 1.807) is 0 Å². The number of carbonyl (C=O) groups excluding carboxylic acids is 1. The molecule has 2 aromatic rings. The summed E-state index contributed by atoms with van der Waals surface area (Å²) >= 11 is 0. The van der Waals surface area contributed by atoms with Crippen LogP contribution < -0.4 is 10.1 Å². The van der Waals surface area contributed by atoms with Crippen molar-refractivity contribution in [2.45, 2.75) is 26.4 Å². The van der Waals surface area contributed by atoms with Crippen molar-refractivity contribution in [1.29, 1.82) is 0 Å². The number of allylic oxidation sites excluding steroid dienone is 1. The molecule has 0 saturated carbocycles. The summed E-state index contributed by atoms with van der Waals surface area (Å²) in [6, 6.07) is 17.4. The average Bonchev–Trinajstić information content (AvgIpc) is 2.54. The number of anilines is 1. The second-order valence-electron chi connectivity index (χ2n) is 4.93. The molecular weight excluding hydrogens is 274 g/mol. The fourth-order valence-electron chi connectivity index (χ4n) is 1.97. The van der Waals surface area contributed by atoms with Gasteiger partial charge < -0.3 is 10.1 Å². The molecule has 0 fully saturated rings. The summed E-state index contributed by atoms with van der Waals surface area (Å²) in [5.74, 6) is 0.718. The molecule has 0 unspecified atom stereocenters. The molecule has 3 heteroatoms. The number of benzene rings is 2. The van der Waals surface area contributed by atoms with E-state index in [2.05, 4.69) is 5.32 Å². The molecule has 0 aliphatic heterocycles. The first kappa shape index (κ1) is 15.8. The maximum Gasteiger partial charge on any atom is 0.228 e. The van der Waals surface area contributed by atoms with Crippen LogP contribution in [-0.4, -0.2) is 5.91 Å². The molecule has 0 bridgehead atoms. The number of carbonyl (C=O) groups is 1. The zero-order valence-electron chi connectivity index (χ0n) is 12.8. The molecule has 114 valence electrons. The molecule has 0 heterocycles. The first-order chi connectivity index (χ1) is 10.8. The van der Waals surface area contributed by atoms with Crippen LogP contribution in [-0.2, 0) is 11.4 Å². The van der Waals surface area contributed by atoms with Gasteiger partial charge in [-0.25, -0.2) is 0 Å². The lowest BCUT2D eigenvalue weighted by molar-refractivity contribution is -0.115. The Kier molecular flexibility index (Phi) is 6.24. The first-order valence-electron chi connectivity index (χ1n) is 7.49. The van der Waals surface area contributed by atoms with Crippen LogP contribution in [0, 0.1) is 0 Å². The Morgan fingerprint density at radius 2 is 1.91 bits per heavy atom. The summed E-state index contributed by atoms with van der Waals surface area (Å²) in [6.07, 6.45) is 5.20. The van der Waals surface area contributed by atoms with Gasteiger partial charge in [-0.2, -0.15) is 0 Å². The Morgan fingerprint density at radius 1 is 1.09 bits per heavy atom. The smallest absolute Gasteiger partial charge is 0.228 e. The molecule has 2 aromatic carbocycles.